The molecule has 1 rings (SSSR count). The number of benzene rings is 1. The van der Waals surface area contributed by atoms with Gasteiger partial charge in [0.25, 0.3) is 0 Å². The van der Waals surface area contributed by atoms with Crippen LogP contribution in [0.25, 0.3) is 0 Å². The lowest BCUT2D eigenvalue weighted by Gasteiger charge is -2.08. The van der Waals surface area contributed by atoms with Gasteiger partial charge in [-0.2, -0.15) is 13.2 Å². The van der Waals surface area contributed by atoms with E-state index in [-0.39, 0.29) is 0 Å². The lowest BCUT2D eigenvalue weighted by molar-refractivity contribution is -0.173. The van der Waals surface area contributed by atoms with Gasteiger partial charge in [0.15, 0.2) is 0 Å². The van der Waals surface area contributed by atoms with Crippen LogP contribution in [0.5, 0.6) is 0 Å². The second kappa shape index (κ2) is 5.85. The van der Waals surface area contributed by atoms with E-state index in [4.69, 9.17) is 0 Å². The van der Waals surface area contributed by atoms with E-state index in [0.29, 0.717) is 5.69 Å². The maximum Gasteiger partial charge on any atom is 0.471 e. The number of rotatable bonds is 3. The molecule has 1 aromatic carbocycles. The van der Waals surface area contributed by atoms with Gasteiger partial charge in [0, 0.05) is 10.2 Å². The minimum Gasteiger partial charge on any atom is -0.339 e. The second-order valence-electron chi connectivity index (χ2n) is 3.24. The van der Waals surface area contributed by atoms with Crippen molar-refractivity contribution in [3.63, 3.8) is 0 Å². The first-order chi connectivity index (χ1) is 8.29. The first-order valence-electron chi connectivity index (χ1n) is 4.69. The molecule has 0 saturated heterocycles. The van der Waals surface area contributed by atoms with Crippen LogP contribution in [0.3, 0.4) is 0 Å². The van der Waals surface area contributed by atoms with E-state index in [1.165, 1.54) is 5.32 Å². The molecule has 0 heterocycles. The fraction of sp³-hybridized carbons (Fsp3) is 0.200. The molecule has 0 unspecified atom stereocenters. The minimum absolute atomic E-state index is 0.421. The summed E-state index contributed by atoms with van der Waals surface area (Å²) in [4.78, 5) is 21.7. The summed E-state index contributed by atoms with van der Waals surface area (Å²) in [7, 11) is 0. The molecule has 0 fully saturated rings. The predicted molar refractivity (Wildman–Crippen MR) is 61.8 cm³/mol. The number of carbonyl (C=O) groups is 2. The molecule has 8 heteroatoms. The molecule has 0 aromatic heterocycles. The highest BCUT2D eigenvalue weighted by Crippen LogP contribution is 2.15. The van der Waals surface area contributed by atoms with Gasteiger partial charge in [-0.3, -0.25) is 9.59 Å². The van der Waals surface area contributed by atoms with Gasteiger partial charge in [-0.1, -0.05) is 15.9 Å². The van der Waals surface area contributed by atoms with E-state index >= 15 is 0 Å². The normalized spacial score (nSPS) is 10.9. The van der Waals surface area contributed by atoms with Crippen LogP contribution in [0.2, 0.25) is 0 Å². The highest BCUT2D eigenvalue weighted by molar-refractivity contribution is 9.10. The number of anilines is 1. The van der Waals surface area contributed by atoms with Crippen molar-refractivity contribution in [3.8, 4) is 0 Å². The van der Waals surface area contributed by atoms with Gasteiger partial charge in [0.05, 0.1) is 6.54 Å². The van der Waals surface area contributed by atoms with Crippen molar-refractivity contribution in [1.29, 1.82) is 0 Å². The predicted octanol–water partition coefficient (Wildman–Crippen LogP) is 2.07. The number of nitrogens with one attached hydrogen (secondary N) is 2. The molecule has 0 radical (unpaired) electrons. The molecule has 0 spiro atoms. The average Bonchev–Trinajstić information content (AvgIpc) is 2.28. The first kappa shape index (κ1) is 14.5. The maximum atomic E-state index is 11.8. The van der Waals surface area contributed by atoms with Crippen molar-refractivity contribution in [2.75, 3.05) is 11.9 Å². The average molecular weight is 325 g/mol. The van der Waals surface area contributed by atoms with Crippen LogP contribution >= 0.6 is 15.9 Å². The summed E-state index contributed by atoms with van der Waals surface area (Å²) in [5, 5.41) is 3.80. The van der Waals surface area contributed by atoms with Crippen LogP contribution in [0, 0.1) is 0 Å². The molecule has 4 nitrogen and oxygen atoms in total. The fourth-order valence-corrected chi connectivity index (χ4v) is 1.26. The molecule has 0 aliphatic heterocycles. The zero-order valence-electron chi connectivity index (χ0n) is 8.84. The molecule has 0 bridgehead atoms. The Morgan fingerprint density at radius 2 is 1.72 bits per heavy atom. The van der Waals surface area contributed by atoms with Gasteiger partial charge in [-0.15, -0.1) is 0 Å². The molecular formula is C10H8BrF3N2O2. The number of alkyl halides is 3. The highest BCUT2D eigenvalue weighted by Gasteiger charge is 2.38. The molecule has 98 valence electrons. The Morgan fingerprint density at radius 3 is 2.22 bits per heavy atom. The Kier molecular flexibility index (Phi) is 4.71. The Hall–Kier alpha value is -1.57. The largest absolute Gasteiger partial charge is 0.471 e. The molecular weight excluding hydrogens is 317 g/mol. The lowest BCUT2D eigenvalue weighted by atomic mass is 10.3. The molecule has 2 N–H and O–H groups in total. The van der Waals surface area contributed by atoms with E-state index in [1.807, 2.05) is 0 Å². The summed E-state index contributed by atoms with van der Waals surface area (Å²) in [6.45, 7) is -0.742. The summed E-state index contributed by atoms with van der Waals surface area (Å²) in [5.41, 5.74) is 0.421. The van der Waals surface area contributed by atoms with Crippen LogP contribution in [0.1, 0.15) is 0 Å². The zero-order valence-corrected chi connectivity index (χ0v) is 10.4. The number of amides is 2. The third-order valence-electron chi connectivity index (χ3n) is 1.79. The number of hydrogen-bond donors (Lipinski definition) is 2. The standard InChI is InChI=1S/C10H8BrF3N2O2/c11-6-1-3-7(4-2-6)16-8(17)5-15-9(18)10(12,13)14/h1-4H,5H2,(H,15,18)(H,16,17). The maximum absolute atomic E-state index is 11.8. The zero-order chi connectivity index (χ0) is 13.8. The molecule has 1 aromatic rings. The summed E-state index contributed by atoms with van der Waals surface area (Å²) < 4.78 is 36.3. The van der Waals surface area contributed by atoms with Crippen LogP contribution in [0.15, 0.2) is 28.7 Å². The SMILES string of the molecule is O=C(CNC(=O)C(F)(F)F)Nc1ccc(Br)cc1. The van der Waals surface area contributed by atoms with Crippen LogP contribution in [0.4, 0.5) is 18.9 Å². The van der Waals surface area contributed by atoms with Gasteiger partial charge >= 0.3 is 12.1 Å². The van der Waals surface area contributed by atoms with E-state index in [1.54, 1.807) is 24.3 Å². The van der Waals surface area contributed by atoms with Crippen molar-refractivity contribution >= 4 is 33.4 Å². The quantitative estimate of drug-likeness (QED) is 0.894. The molecule has 0 aliphatic rings. The van der Waals surface area contributed by atoms with Gasteiger partial charge in [-0.25, -0.2) is 0 Å². The van der Waals surface area contributed by atoms with E-state index in [9.17, 15) is 22.8 Å². The summed E-state index contributed by atoms with van der Waals surface area (Å²) in [5.74, 6) is -2.89. The van der Waals surface area contributed by atoms with E-state index < -0.39 is 24.5 Å². The van der Waals surface area contributed by atoms with Crippen LogP contribution < -0.4 is 10.6 Å². The topological polar surface area (TPSA) is 58.2 Å². The van der Waals surface area contributed by atoms with Crippen molar-refractivity contribution in [3.05, 3.63) is 28.7 Å². The van der Waals surface area contributed by atoms with Crippen LogP contribution in [-0.2, 0) is 9.59 Å². The molecule has 0 aliphatic carbocycles. The van der Waals surface area contributed by atoms with Crippen molar-refractivity contribution in [2.45, 2.75) is 6.18 Å². The first-order valence-corrected chi connectivity index (χ1v) is 5.49. The van der Waals surface area contributed by atoms with Crippen molar-refractivity contribution in [1.82, 2.24) is 5.32 Å². The van der Waals surface area contributed by atoms with E-state index in [2.05, 4.69) is 21.2 Å². The van der Waals surface area contributed by atoms with Crippen LogP contribution in [-0.4, -0.2) is 24.5 Å². The summed E-state index contributed by atoms with van der Waals surface area (Å²) in [6, 6.07) is 6.44. The van der Waals surface area contributed by atoms with Gasteiger partial charge in [-0.05, 0) is 24.3 Å². The number of halogens is 4. The lowest BCUT2D eigenvalue weighted by Crippen LogP contribution is -2.41. The summed E-state index contributed by atoms with van der Waals surface area (Å²) >= 11 is 3.19. The fourth-order valence-electron chi connectivity index (χ4n) is 0.999. The molecule has 2 amide bonds. The minimum atomic E-state index is -4.99. The monoisotopic (exact) mass is 324 g/mol. The highest BCUT2D eigenvalue weighted by atomic mass is 79.9. The Balaban J connectivity index is 2.43. The molecule has 0 atom stereocenters. The smallest absolute Gasteiger partial charge is 0.339 e. The number of hydrogen-bond acceptors (Lipinski definition) is 2. The third-order valence-corrected chi connectivity index (χ3v) is 2.32. The van der Waals surface area contributed by atoms with Crippen molar-refractivity contribution in [2.24, 2.45) is 0 Å². The second-order valence-corrected chi connectivity index (χ2v) is 4.15. The Bertz CT molecular complexity index is 445. The molecule has 18 heavy (non-hydrogen) atoms. The summed E-state index contributed by atoms with van der Waals surface area (Å²) in [6.07, 6.45) is -4.99. The number of carbonyl (C=O) groups excluding carboxylic acids is 2. The Labute approximate surface area is 109 Å². The van der Waals surface area contributed by atoms with E-state index in [0.717, 1.165) is 4.47 Å². The van der Waals surface area contributed by atoms with Crippen molar-refractivity contribution < 1.29 is 22.8 Å². The third kappa shape index (κ3) is 4.74. The Morgan fingerprint density at radius 1 is 1.17 bits per heavy atom. The van der Waals surface area contributed by atoms with Gasteiger partial charge in [0.1, 0.15) is 0 Å². The van der Waals surface area contributed by atoms with Gasteiger partial charge in [0.2, 0.25) is 5.91 Å². The van der Waals surface area contributed by atoms with Gasteiger partial charge < -0.3 is 10.6 Å². The molecule has 0 saturated carbocycles.